The Kier molecular flexibility index (Phi) is 3.14. The Balaban J connectivity index is 2.51. The predicted octanol–water partition coefficient (Wildman–Crippen LogP) is 2.57. The van der Waals surface area contributed by atoms with E-state index in [1.54, 1.807) is 0 Å². The largest absolute Gasteiger partial charge is 0.299 e. The van der Waals surface area contributed by atoms with Gasteiger partial charge in [-0.2, -0.15) is 0 Å². The first-order chi connectivity index (χ1) is 4.75. The molecular formula is C8H13IO. The number of ketones is 1. The van der Waals surface area contributed by atoms with Gasteiger partial charge in [0.2, 0.25) is 0 Å². The fourth-order valence-electron chi connectivity index (χ4n) is 1.50. The highest BCUT2D eigenvalue weighted by atomic mass is 127. The molecule has 2 atom stereocenters. The van der Waals surface area contributed by atoms with Crippen LogP contribution in [-0.2, 0) is 4.79 Å². The maximum atomic E-state index is 11.2. The highest BCUT2D eigenvalue weighted by Gasteiger charge is 2.27. The van der Waals surface area contributed by atoms with Crippen LogP contribution in [0.4, 0.5) is 0 Å². The van der Waals surface area contributed by atoms with Crippen molar-refractivity contribution in [3.05, 3.63) is 0 Å². The molecule has 0 N–H and O–H groups in total. The molecule has 1 aliphatic carbocycles. The number of carbonyl (C=O) groups excluding carboxylic acids is 1. The summed E-state index contributed by atoms with van der Waals surface area (Å²) in [6.07, 6.45) is 4.37. The molecule has 0 heterocycles. The summed E-state index contributed by atoms with van der Waals surface area (Å²) in [6.45, 7) is 2.18. The number of rotatable bonds is 1. The van der Waals surface area contributed by atoms with Crippen LogP contribution in [0.2, 0.25) is 0 Å². The highest BCUT2D eigenvalue weighted by molar-refractivity contribution is 14.1. The molecular weight excluding hydrogens is 239 g/mol. The number of hydrogen-bond acceptors (Lipinski definition) is 1. The predicted molar refractivity (Wildman–Crippen MR) is 50.4 cm³/mol. The third-order valence-corrected chi connectivity index (χ3v) is 3.96. The lowest BCUT2D eigenvalue weighted by molar-refractivity contribution is -0.120. The number of halogens is 1. The van der Waals surface area contributed by atoms with Crippen molar-refractivity contribution in [3.63, 3.8) is 0 Å². The Morgan fingerprint density at radius 2 is 2.40 bits per heavy atom. The van der Waals surface area contributed by atoms with E-state index in [4.69, 9.17) is 0 Å². The van der Waals surface area contributed by atoms with Crippen LogP contribution in [0.1, 0.15) is 32.6 Å². The zero-order valence-electron chi connectivity index (χ0n) is 6.27. The molecule has 1 saturated carbocycles. The molecule has 1 nitrogen and oxygen atoms in total. The van der Waals surface area contributed by atoms with Gasteiger partial charge < -0.3 is 0 Å². The van der Waals surface area contributed by atoms with Crippen molar-refractivity contribution in [1.82, 2.24) is 0 Å². The maximum absolute atomic E-state index is 11.2. The van der Waals surface area contributed by atoms with E-state index < -0.39 is 0 Å². The van der Waals surface area contributed by atoms with E-state index in [1.807, 2.05) is 0 Å². The molecule has 0 aromatic carbocycles. The van der Waals surface area contributed by atoms with E-state index in [0.717, 1.165) is 12.8 Å². The van der Waals surface area contributed by atoms with Crippen LogP contribution >= 0.6 is 22.6 Å². The molecule has 2 heteroatoms. The lowest BCUT2D eigenvalue weighted by atomic mass is 9.87. The summed E-state index contributed by atoms with van der Waals surface area (Å²) in [5, 5.41) is 0. The van der Waals surface area contributed by atoms with Gasteiger partial charge in [-0.15, -0.1) is 0 Å². The van der Waals surface area contributed by atoms with Crippen LogP contribution in [-0.4, -0.2) is 9.71 Å². The molecule has 0 aromatic heterocycles. The molecule has 0 aliphatic heterocycles. The maximum Gasteiger partial charge on any atom is 0.145 e. The van der Waals surface area contributed by atoms with Gasteiger partial charge in [0.15, 0.2) is 0 Å². The minimum atomic E-state index is 0.316. The van der Waals surface area contributed by atoms with Crippen LogP contribution in [0.3, 0.4) is 0 Å². The van der Waals surface area contributed by atoms with Crippen molar-refractivity contribution in [2.45, 2.75) is 36.5 Å². The standard InChI is InChI=1S/C8H13IO/c1-2-6-4-3-5-7(10)8(6)9/h6,8H,2-5H2,1H3/t6-,8-/m0/s1. The second-order valence-electron chi connectivity index (χ2n) is 2.93. The first kappa shape index (κ1) is 8.50. The van der Waals surface area contributed by atoms with E-state index in [0.29, 0.717) is 15.6 Å². The fourth-order valence-corrected chi connectivity index (χ4v) is 2.68. The number of alkyl halides is 1. The first-order valence-corrected chi connectivity index (χ1v) is 5.17. The first-order valence-electron chi connectivity index (χ1n) is 3.92. The van der Waals surface area contributed by atoms with E-state index in [2.05, 4.69) is 29.5 Å². The number of hydrogen-bond donors (Lipinski definition) is 0. The van der Waals surface area contributed by atoms with Crippen LogP contribution in [0.5, 0.6) is 0 Å². The Morgan fingerprint density at radius 1 is 1.70 bits per heavy atom. The average molecular weight is 252 g/mol. The van der Waals surface area contributed by atoms with Crippen molar-refractivity contribution in [2.24, 2.45) is 5.92 Å². The Hall–Kier alpha value is 0.400. The monoisotopic (exact) mass is 252 g/mol. The van der Waals surface area contributed by atoms with Crippen LogP contribution in [0.25, 0.3) is 0 Å². The third kappa shape index (κ3) is 1.71. The van der Waals surface area contributed by atoms with Gasteiger partial charge in [-0.1, -0.05) is 35.9 Å². The zero-order chi connectivity index (χ0) is 7.56. The van der Waals surface area contributed by atoms with Gasteiger partial charge in [-0.25, -0.2) is 0 Å². The summed E-state index contributed by atoms with van der Waals surface area (Å²) >= 11 is 2.30. The molecule has 0 unspecified atom stereocenters. The summed E-state index contributed by atoms with van der Waals surface area (Å²) in [4.78, 5) is 11.2. The quantitative estimate of drug-likeness (QED) is 0.517. The summed E-state index contributed by atoms with van der Waals surface area (Å²) in [7, 11) is 0. The van der Waals surface area contributed by atoms with Gasteiger partial charge >= 0.3 is 0 Å². The fraction of sp³-hybridized carbons (Fsp3) is 0.875. The molecule has 0 aromatic rings. The third-order valence-electron chi connectivity index (χ3n) is 2.24. The smallest absolute Gasteiger partial charge is 0.145 e. The minimum absolute atomic E-state index is 0.316. The topological polar surface area (TPSA) is 17.1 Å². The molecule has 0 spiro atoms. The van der Waals surface area contributed by atoms with Crippen molar-refractivity contribution < 1.29 is 4.79 Å². The summed E-state index contributed by atoms with van der Waals surface area (Å²) in [5.41, 5.74) is 0. The van der Waals surface area contributed by atoms with Gasteiger partial charge in [-0.05, 0) is 18.8 Å². The second kappa shape index (κ2) is 3.69. The van der Waals surface area contributed by atoms with E-state index in [1.165, 1.54) is 12.8 Å². The summed E-state index contributed by atoms with van der Waals surface area (Å²) < 4.78 is 0.316. The van der Waals surface area contributed by atoms with Crippen molar-refractivity contribution in [1.29, 1.82) is 0 Å². The van der Waals surface area contributed by atoms with Crippen molar-refractivity contribution in [3.8, 4) is 0 Å². The normalized spacial score (nSPS) is 34.4. The molecule has 0 amide bonds. The molecule has 0 bridgehead atoms. The van der Waals surface area contributed by atoms with Gasteiger partial charge in [-0.3, -0.25) is 4.79 Å². The second-order valence-corrected chi connectivity index (χ2v) is 4.27. The van der Waals surface area contributed by atoms with Gasteiger partial charge in [0.25, 0.3) is 0 Å². The van der Waals surface area contributed by atoms with Crippen molar-refractivity contribution >= 4 is 28.4 Å². The Labute approximate surface area is 75.7 Å². The lowest BCUT2D eigenvalue weighted by Crippen LogP contribution is -2.27. The number of Topliss-reactive ketones (excluding diaryl/α,β-unsaturated/α-hetero) is 1. The molecule has 1 aliphatic rings. The van der Waals surface area contributed by atoms with Gasteiger partial charge in [0.1, 0.15) is 5.78 Å². The Bertz CT molecular complexity index is 133. The average Bonchev–Trinajstić information content (AvgIpc) is 1.95. The lowest BCUT2D eigenvalue weighted by Gasteiger charge is -2.24. The minimum Gasteiger partial charge on any atom is -0.299 e. The Morgan fingerprint density at radius 3 is 2.90 bits per heavy atom. The van der Waals surface area contributed by atoms with Crippen LogP contribution in [0.15, 0.2) is 0 Å². The van der Waals surface area contributed by atoms with Crippen LogP contribution < -0.4 is 0 Å². The van der Waals surface area contributed by atoms with Crippen molar-refractivity contribution in [2.75, 3.05) is 0 Å². The van der Waals surface area contributed by atoms with Gasteiger partial charge in [0.05, 0.1) is 3.92 Å². The highest BCUT2D eigenvalue weighted by Crippen LogP contribution is 2.29. The molecule has 1 rings (SSSR count). The van der Waals surface area contributed by atoms with E-state index in [9.17, 15) is 4.79 Å². The van der Waals surface area contributed by atoms with Crippen LogP contribution in [0, 0.1) is 5.92 Å². The summed E-state index contributed by atoms with van der Waals surface area (Å²) in [6, 6.07) is 0. The zero-order valence-corrected chi connectivity index (χ0v) is 8.43. The molecule has 1 fully saturated rings. The molecule has 0 saturated heterocycles. The molecule has 10 heavy (non-hydrogen) atoms. The SMILES string of the molecule is CC[C@H]1CCCC(=O)[C@H]1I. The molecule has 58 valence electrons. The van der Waals surface area contributed by atoms with E-state index in [-0.39, 0.29) is 0 Å². The number of carbonyl (C=O) groups is 1. The molecule has 0 radical (unpaired) electrons. The van der Waals surface area contributed by atoms with Gasteiger partial charge in [0, 0.05) is 6.42 Å². The van der Waals surface area contributed by atoms with E-state index >= 15 is 0 Å². The summed E-state index contributed by atoms with van der Waals surface area (Å²) in [5.74, 6) is 1.14.